The van der Waals surface area contributed by atoms with Crippen LogP contribution < -0.4 is 15.8 Å². The van der Waals surface area contributed by atoms with Crippen LogP contribution in [0.2, 0.25) is 0 Å². The van der Waals surface area contributed by atoms with Gasteiger partial charge in [0.15, 0.2) is 0 Å². The number of hydrogen-bond donors (Lipinski definition) is 2. The monoisotopic (exact) mass is 387 g/mol. The maximum absolute atomic E-state index is 12.4. The first-order valence-electron chi connectivity index (χ1n) is 9.41. The Labute approximate surface area is 168 Å². The van der Waals surface area contributed by atoms with Crippen LogP contribution in [0.1, 0.15) is 40.4 Å². The number of carbonyl (C=O) groups is 1. The largest absolute Gasteiger partial charge is 0.496 e. The van der Waals surface area contributed by atoms with Crippen LogP contribution in [0.3, 0.4) is 0 Å². The second-order valence-electron chi connectivity index (χ2n) is 6.98. The number of methoxy groups -OCH3 is 1. The number of para-hydroxylation sites is 1. The summed E-state index contributed by atoms with van der Waals surface area (Å²) in [6.45, 7) is 0.376. The molecule has 7 heteroatoms. The van der Waals surface area contributed by atoms with Crippen LogP contribution >= 0.6 is 0 Å². The van der Waals surface area contributed by atoms with Crippen molar-refractivity contribution >= 4 is 11.7 Å². The minimum atomic E-state index is -0.200. The van der Waals surface area contributed by atoms with E-state index in [1.165, 1.54) is 7.11 Å². The van der Waals surface area contributed by atoms with E-state index in [0.717, 1.165) is 24.0 Å². The van der Waals surface area contributed by atoms with Crippen molar-refractivity contribution in [3.05, 3.63) is 65.2 Å². The van der Waals surface area contributed by atoms with Gasteiger partial charge in [-0.15, -0.1) is 0 Å². The Bertz CT molecular complexity index is 1090. The van der Waals surface area contributed by atoms with Crippen LogP contribution in [0.4, 0.5) is 5.82 Å². The quantitative estimate of drug-likeness (QED) is 0.675. The highest BCUT2D eigenvalue weighted by Crippen LogP contribution is 2.39. The van der Waals surface area contributed by atoms with Crippen LogP contribution in [-0.2, 0) is 6.54 Å². The number of benzene rings is 2. The van der Waals surface area contributed by atoms with Crippen molar-refractivity contribution in [1.29, 1.82) is 5.26 Å². The average molecular weight is 387 g/mol. The number of anilines is 1. The minimum absolute atomic E-state index is 0.200. The van der Waals surface area contributed by atoms with Crippen LogP contribution in [0.15, 0.2) is 48.5 Å². The van der Waals surface area contributed by atoms with Gasteiger partial charge in [0.25, 0.3) is 5.91 Å². The molecule has 3 N–H and O–H groups in total. The third kappa shape index (κ3) is 3.65. The molecule has 1 aliphatic rings. The van der Waals surface area contributed by atoms with E-state index < -0.39 is 0 Å². The first kappa shape index (κ1) is 18.6. The van der Waals surface area contributed by atoms with Gasteiger partial charge in [0.05, 0.1) is 18.7 Å². The standard InChI is InChI=1S/C22H21N5O2/c1-29-19-5-3-2-4-17(19)22(28)25-13-14-6-8-15(9-7-14)20-18(12-23)21(24)27(26-20)16-10-11-16/h2-9,16H,10-11,13,24H2,1H3,(H,25,28). The number of nitrogens with two attached hydrogens (primary N) is 1. The van der Waals surface area contributed by atoms with E-state index in [0.29, 0.717) is 41.0 Å². The Balaban J connectivity index is 1.48. The Morgan fingerprint density at radius 2 is 2.00 bits per heavy atom. The number of amides is 1. The summed E-state index contributed by atoms with van der Waals surface area (Å²) in [7, 11) is 1.54. The first-order chi connectivity index (χ1) is 14.1. The molecular weight excluding hydrogens is 366 g/mol. The van der Waals surface area contributed by atoms with Crippen molar-refractivity contribution in [3.8, 4) is 23.1 Å². The summed E-state index contributed by atoms with van der Waals surface area (Å²) in [4.78, 5) is 12.4. The molecule has 7 nitrogen and oxygen atoms in total. The van der Waals surface area contributed by atoms with Crippen molar-refractivity contribution < 1.29 is 9.53 Å². The lowest BCUT2D eigenvalue weighted by molar-refractivity contribution is 0.0948. The van der Waals surface area contributed by atoms with Crippen LogP contribution in [-0.4, -0.2) is 22.8 Å². The molecular formula is C22H21N5O2. The van der Waals surface area contributed by atoms with Crippen molar-refractivity contribution in [2.45, 2.75) is 25.4 Å². The molecule has 1 heterocycles. The lowest BCUT2D eigenvalue weighted by Gasteiger charge is -2.09. The number of nitrogens with zero attached hydrogens (tertiary/aromatic N) is 3. The van der Waals surface area contributed by atoms with Gasteiger partial charge in [0, 0.05) is 12.1 Å². The van der Waals surface area contributed by atoms with Gasteiger partial charge in [-0.2, -0.15) is 10.4 Å². The van der Waals surface area contributed by atoms with Crippen molar-refractivity contribution in [1.82, 2.24) is 15.1 Å². The zero-order valence-electron chi connectivity index (χ0n) is 16.1. The van der Waals surface area contributed by atoms with Crippen LogP contribution in [0.5, 0.6) is 5.75 Å². The van der Waals surface area contributed by atoms with E-state index in [1.54, 1.807) is 22.9 Å². The van der Waals surface area contributed by atoms with Crippen molar-refractivity contribution in [2.75, 3.05) is 12.8 Å². The second kappa shape index (κ2) is 7.68. The SMILES string of the molecule is COc1ccccc1C(=O)NCc1ccc(-c2nn(C3CC3)c(N)c2C#N)cc1. The fraction of sp³-hybridized carbons (Fsp3) is 0.227. The van der Waals surface area contributed by atoms with Gasteiger partial charge in [0.2, 0.25) is 0 Å². The Hall–Kier alpha value is -3.79. The van der Waals surface area contributed by atoms with Gasteiger partial charge in [-0.3, -0.25) is 4.79 Å². The van der Waals surface area contributed by atoms with Gasteiger partial charge in [-0.25, -0.2) is 4.68 Å². The lowest BCUT2D eigenvalue weighted by Crippen LogP contribution is -2.23. The van der Waals surface area contributed by atoms with Gasteiger partial charge >= 0.3 is 0 Å². The van der Waals surface area contributed by atoms with Crippen LogP contribution in [0, 0.1) is 11.3 Å². The van der Waals surface area contributed by atoms with Gasteiger partial charge in [-0.1, -0.05) is 36.4 Å². The molecule has 0 unspecified atom stereocenters. The van der Waals surface area contributed by atoms with Crippen molar-refractivity contribution in [3.63, 3.8) is 0 Å². The molecule has 1 aromatic heterocycles. The summed E-state index contributed by atoms with van der Waals surface area (Å²) >= 11 is 0. The van der Waals surface area contributed by atoms with Crippen LogP contribution in [0.25, 0.3) is 11.3 Å². The number of aromatic nitrogens is 2. The molecule has 0 saturated heterocycles. The lowest BCUT2D eigenvalue weighted by atomic mass is 10.1. The Morgan fingerprint density at radius 3 is 2.66 bits per heavy atom. The summed E-state index contributed by atoms with van der Waals surface area (Å²) < 4.78 is 6.99. The zero-order chi connectivity index (χ0) is 20.4. The molecule has 1 saturated carbocycles. The number of ether oxygens (including phenoxy) is 1. The van der Waals surface area contributed by atoms with Gasteiger partial charge in [0.1, 0.15) is 28.9 Å². The van der Waals surface area contributed by atoms with E-state index in [9.17, 15) is 10.1 Å². The number of hydrogen-bond acceptors (Lipinski definition) is 5. The zero-order valence-corrected chi connectivity index (χ0v) is 16.1. The maximum Gasteiger partial charge on any atom is 0.255 e. The van der Waals surface area contributed by atoms with E-state index in [1.807, 2.05) is 30.3 Å². The molecule has 0 aliphatic heterocycles. The highest BCUT2D eigenvalue weighted by molar-refractivity contribution is 5.96. The normalized spacial score (nSPS) is 13.0. The number of nitrogens with one attached hydrogen (secondary N) is 1. The van der Waals surface area contributed by atoms with Gasteiger partial charge < -0.3 is 15.8 Å². The predicted molar refractivity (Wildman–Crippen MR) is 109 cm³/mol. The summed E-state index contributed by atoms with van der Waals surface area (Å²) in [6.07, 6.45) is 2.09. The molecule has 1 amide bonds. The average Bonchev–Trinajstić information content (AvgIpc) is 3.55. The molecule has 0 spiro atoms. The Kier molecular flexibility index (Phi) is 4.92. The van der Waals surface area contributed by atoms with E-state index in [2.05, 4.69) is 16.5 Å². The highest BCUT2D eigenvalue weighted by atomic mass is 16.5. The van der Waals surface area contributed by atoms with Crippen molar-refractivity contribution in [2.24, 2.45) is 0 Å². The summed E-state index contributed by atoms with van der Waals surface area (Å²) in [6, 6.07) is 17.2. The molecule has 1 fully saturated rings. The molecule has 4 rings (SSSR count). The number of rotatable bonds is 6. The molecule has 29 heavy (non-hydrogen) atoms. The number of nitriles is 1. The fourth-order valence-electron chi connectivity index (χ4n) is 3.25. The molecule has 2 aromatic carbocycles. The molecule has 0 atom stereocenters. The first-order valence-corrected chi connectivity index (χ1v) is 9.41. The summed E-state index contributed by atoms with van der Waals surface area (Å²) in [5.74, 6) is 0.764. The van der Waals surface area contributed by atoms with E-state index in [4.69, 9.17) is 10.5 Å². The smallest absolute Gasteiger partial charge is 0.255 e. The van der Waals surface area contributed by atoms with Gasteiger partial charge in [-0.05, 0) is 30.5 Å². The molecule has 0 bridgehead atoms. The molecule has 0 radical (unpaired) electrons. The van der Waals surface area contributed by atoms with E-state index >= 15 is 0 Å². The van der Waals surface area contributed by atoms with E-state index in [-0.39, 0.29) is 5.91 Å². The second-order valence-corrected chi connectivity index (χ2v) is 6.98. The fourth-order valence-corrected chi connectivity index (χ4v) is 3.25. The summed E-state index contributed by atoms with van der Waals surface area (Å²) in [5, 5.41) is 16.9. The molecule has 146 valence electrons. The topological polar surface area (TPSA) is 106 Å². The summed E-state index contributed by atoms with van der Waals surface area (Å²) in [5.41, 5.74) is 9.37. The number of nitrogen functional groups attached to an aromatic ring is 1. The highest BCUT2D eigenvalue weighted by Gasteiger charge is 2.29. The third-order valence-corrected chi connectivity index (χ3v) is 4.98. The molecule has 1 aliphatic carbocycles. The molecule has 3 aromatic rings. The maximum atomic E-state index is 12.4. The Morgan fingerprint density at radius 1 is 1.28 bits per heavy atom. The third-order valence-electron chi connectivity index (χ3n) is 4.98. The minimum Gasteiger partial charge on any atom is -0.496 e. The predicted octanol–water partition coefficient (Wildman–Crippen LogP) is 3.28. The number of carbonyl (C=O) groups excluding carboxylic acids is 1.